The van der Waals surface area contributed by atoms with E-state index in [1.165, 1.54) is 31.2 Å². The summed E-state index contributed by atoms with van der Waals surface area (Å²) in [6, 6.07) is 11.7. The predicted molar refractivity (Wildman–Crippen MR) is 79.4 cm³/mol. The van der Waals surface area contributed by atoms with Crippen LogP contribution in [0.3, 0.4) is 0 Å². The quantitative estimate of drug-likeness (QED) is 0.897. The van der Waals surface area contributed by atoms with Crippen molar-refractivity contribution in [3.05, 3.63) is 48.0 Å². The molecule has 1 aliphatic rings. The van der Waals surface area contributed by atoms with Gasteiger partial charge >= 0.3 is 0 Å². The molecule has 1 atom stereocenters. The van der Waals surface area contributed by atoms with Gasteiger partial charge in [-0.3, -0.25) is 5.10 Å². The zero-order valence-electron chi connectivity index (χ0n) is 11.9. The van der Waals surface area contributed by atoms with Crippen LogP contribution in [0.25, 0.3) is 0 Å². The minimum atomic E-state index is 0.246. The Balaban J connectivity index is 1.51. The number of nitrogens with one attached hydrogen (secondary N) is 2. The van der Waals surface area contributed by atoms with Gasteiger partial charge in [-0.05, 0) is 44.1 Å². The first-order valence-corrected chi connectivity index (χ1v) is 7.49. The number of nitrogens with zero attached hydrogens (tertiary/aromatic N) is 2. The maximum Gasteiger partial charge on any atom is 0.141 e. The van der Waals surface area contributed by atoms with E-state index in [0.29, 0.717) is 6.04 Å². The van der Waals surface area contributed by atoms with Gasteiger partial charge in [0.15, 0.2) is 0 Å². The standard InChI is InChI=1S/C16H22N4/c1-12(16-17-11-18-20-16)19-15-9-7-14(8-10-15)13-5-3-2-4-6-13/h2-6,11-12,14-15,19H,7-10H2,1H3,(H,17,18,20). The van der Waals surface area contributed by atoms with Crippen LogP contribution in [0.2, 0.25) is 0 Å². The second-order valence-electron chi connectivity index (χ2n) is 5.72. The Morgan fingerprint density at radius 1 is 1.15 bits per heavy atom. The SMILES string of the molecule is CC(NC1CCC(c2ccccc2)CC1)c1ncn[nH]1. The smallest absolute Gasteiger partial charge is 0.141 e. The van der Waals surface area contributed by atoms with Crippen molar-refractivity contribution in [1.29, 1.82) is 0 Å². The molecule has 1 aromatic carbocycles. The number of H-pyrrole nitrogens is 1. The number of hydrogen-bond donors (Lipinski definition) is 2. The van der Waals surface area contributed by atoms with Gasteiger partial charge < -0.3 is 5.32 Å². The molecule has 1 heterocycles. The molecule has 0 spiro atoms. The Hall–Kier alpha value is -1.68. The number of rotatable bonds is 4. The van der Waals surface area contributed by atoms with Crippen molar-refractivity contribution >= 4 is 0 Å². The normalized spacial score (nSPS) is 24.4. The van der Waals surface area contributed by atoms with Crippen molar-refractivity contribution in [2.75, 3.05) is 0 Å². The third-order valence-corrected chi connectivity index (χ3v) is 4.33. The van der Waals surface area contributed by atoms with E-state index in [0.717, 1.165) is 11.7 Å². The minimum absolute atomic E-state index is 0.246. The van der Waals surface area contributed by atoms with E-state index >= 15 is 0 Å². The lowest BCUT2D eigenvalue weighted by atomic mass is 9.81. The van der Waals surface area contributed by atoms with Crippen LogP contribution in [0.4, 0.5) is 0 Å². The van der Waals surface area contributed by atoms with Gasteiger partial charge in [0.05, 0.1) is 6.04 Å². The zero-order valence-corrected chi connectivity index (χ0v) is 11.9. The molecule has 106 valence electrons. The van der Waals surface area contributed by atoms with Crippen LogP contribution >= 0.6 is 0 Å². The van der Waals surface area contributed by atoms with Gasteiger partial charge in [0, 0.05) is 6.04 Å². The van der Waals surface area contributed by atoms with Crippen LogP contribution in [0, 0.1) is 0 Å². The molecule has 0 radical (unpaired) electrons. The maximum absolute atomic E-state index is 4.22. The summed E-state index contributed by atoms with van der Waals surface area (Å²) in [4.78, 5) is 4.22. The highest BCUT2D eigenvalue weighted by Crippen LogP contribution is 2.33. The fourth-order valence-corrected chi connectivity index (χ4v) is 3.17. The van der Waals surface area contributed by atoms with Gasteiger partial charge in [-0.2, -0.15) is 5.10 Å². The first kappa shape index (κ1) is 13.3. The molecule has 0 saturated heterocycles. The average molecular weight is 270 g/mol. The summed E-state index contributed by atoms with van der Waals surface area (Å²) in [6.45, 7) is 2.14. The van der Waals surface area contributed by atoms with E-state index in [2.05, 4.69) is 57.8 Å². The highest BCUT2D eigenvalue weighted by atomic mass is 15.2. The first-order chi connectivity index (χ1) is 9.83. The van der Waals surface area contributed by atoms with Crippen molar-refractivity contribution in [1.82, 2.24) is 20.5 Å². The fraction of sp³-hybridized carbons (Fsp3) is 0.500. The summed E-state index contributed by atoms with van der Waals surface area (Å²) >= 11 is 0. The summed E-state index contributed by atoms with van der Waals surface area (Å²) in [5, 5.41) is 10.5. The lowest BCUT2D eigenvalue weighted by Crippen LogP contribution is -2.35. The topological polar surface area (TPSA) is 53.6 Å². The molecule has 0 amide bonds. The van der Waals surface area contributed by atoms with Crippen LogP contribution in [-0.4, -0.2) is 21.2 Å². The maximum atomic E-state index is 4.22. The summed E-state index contributed by atoms with van der Waals surface area (Å²) in [5.41, 5.74) is 1.49. The largest absolute Gasteiger partial charge is 0.305 e. The number of benzene rings is 1. The molecule has 0 aliphatic heterocycles. The van der Waals surface area contributed by atoms with E-state index in [1.807, 2.05) is 0 Å². The molecular formula is C16H22N4. The Bertz CT molecular complexity index is 501. The molecule has 2 N–H and O–H groups in total. The van der Waals surface area contributed by atoms with Gasteiger partial charge in [-0.25, -0.2) is 4.98 Å². The lowest BCUT2D eigenvalue weighted by Gasteiger charge is -2.31. The Kier molecular flexibility index (Phi) is 4.11. The molecule has 1 saturated carbocycles. The molecule has 20 heavy (non-hydrogen) atoms. The van der Waals surface area contributed by atoms with Crippen molar-refractivity contribution in [2.24, 2.45) is 0 Å². The van der Waals surface area contributed by atoms with Crippen LogP contribution < -0.4 is 5.32 Å². The second kappa shape index (κ2) is 6.18. The number of hydrogen-bond acceptors (Lipinski definition) is 3. The summed E-state index contributed by atoms with van der Waals surface area (Å²) in [5.74, 6) is 1.66. The molecule has 1 aliphatic carbocycles. The van der Waals surface area contributed by atoms with Crippen LogP contribution in [0.5, 0.6) is 0 Å². The third kappa shape index (κ3) is 3.07. The number of aromatic amines is 1. The van der Waals surface area contributed by atoms with E-state index in [1.54, 1.807) is 6.33 Å². The second-order valence-corrected chi connectivity index (χ2v) is 5.72. The van der Waals surface area contributed by atoms with Crippen LogP contribution in [0.15, 0.2) is 36.7 Å². The molecule has 3 rings (SSSR count). The molecule has 2 aromatic rings. The van der Waals surface area contributed by atoms with Crippen molar-refractivity contribution in [2.45, 2.75) is 50.6 Å². The average Bonchev–Trinajstić information content (AvgIpc) is 3.03. The zero-order chi connectivity index (χ0) is 13.8. The van der Waals surface area contributed by atoms with E-state index < -0.39 is 0 Å². The Morgan fingerprint density at radius 3 is 2.55 bits per heavy atom. The van der Waals surface area contributed by atoms with Gasteiger partial charge in [-0.1, -0.05) is 30.3 Å². The first-order valence-electron chi connectivity index (χ1n) is 7.49. The van der Waals surface area contributed by atoms with Gasteiger partial charge in [-0.15, -0.1) is 0 Å². The molecule has 1 unspecified atom stereocenters. The van der Waals surface area contributed by atoms with Gasteiger partial charge in [0.2, 0.25) is 0 Å². The minimum Gasteiger partial charge on any atom is -0.305 e. The highest BCUT2D eigenvalue weighted by Gasteiger charge is 2.23. The van der Waals surface area contributed by atoms with Gasteiger partial charge in [0.25, 0.3) is 0 Å². The molecule has 4 heteroatoms. The monoisotopic (exact) mass is 270 g/mol. The summed E-state index contributed by atoms with van der Waals surface area (Å²) in [6.07, 6.45) is 6.57. The van der Waals surface area contributed by atoms with Crippen LogP contribution in [0.1, 0.15) is 56.0 Å². The third-order valence-electron chi connectivity index (χ3n) is 4.33. The van der Waals surface area contributed by atoms with Crippen molar-refractivity contribution in [3.8, 4) is 0 Å². The van der Waals surface area contributed by atoms with E-state index in [4.69, 9.17) is 0 Å². The van der Waals surface area contributed by atoms with Crippen molar-refractivity contribution in [3.63, 3.8) is 0 Å². The molecule has 0 bridgehead atoms. The summed E-state index contributed by atoms with van der Waals surface area (Å²) in [7, 11) is 0. The Labute approximate surface area is 120 Å². The lowest BCUT2D eigenvalue weighted by molar-refractivity contribution is 0.318. The van der Waals surface area contributed by atoms with E-state index in [9.17, 15) is 0 Å². The molecule has 4 nitrogen and oxygen atoms in total. The van der Waals surface area contributed by atoms with Gasteiger partial charge in [0.1, 0.15) is 12.2 Å². The Morgan fingerprint density at radius 2 is 1.90 bits per heavy atom. The van der Waals surface area contributed by atoms with Crippen LogP contribution in [-0.2, 0) is 0 Å². The molecular weight excluding hydrogens is 248 g/mol. The highest BCUT2D eigenvalue weighted by molar-refractivity contribution is 5.20. The van der Waals surface area contributed by atoms with E-state index in [-0.39, 0.29) is 6.04 Å². The molecule has 1 aromatic heterocycles. The van der Waals surface area contributed by atoms with Crippen molar-refractivity contribution < 1.29 is 0 Å². The number of aromatic nitrogens is 3. The molecule has 1 fully saturated rings. The summed E-state index contributed by atoms with van der Waals surface area (Å²) < 4.78 is 0. The predicted octanol–water partition coefficient (Wildman–Crippen LogP) is 3.18. The fourth-order valence-electron chi connectivity index (χ4n) is 3.17.